The van der Waals surface area contributed by atoms with E-state index in [1.807, 2.05) is 13.3 Å². The average Bonchev–Trinajstić information content (AvgIpc) is 1.89. The molecule has 0 aliphatic carbocycles. The Balaban J connectivity index is 2.86. The third kappa shape index (κ3) is 7.63. The molecule has 2 nitrogen and oxygen atoms in total. The lowest BCUT2D eigenvalue weighted by atomic mass is 10.3. The van der Waals surface area contributed by atoms with E-state index in [0.29, 0.717) is 0 Å². The van der Waals surface area contributed by atoms with Crippen LogP contribution in [0.5, 0.6) is 0 Å². The molecule has 0 spiro atoms. The fraction of sp³-hybridized carbons (Fsp3) is 0.857. The van der Waals surface area contributed by atoms with Crippen molar-refractivity contribution >= 4 is 6.21 Å². The Bertz CT molecular complexity index is 69.3. The maximum absolute atomic E-state index is 4.09. The molecule has 9 heavy (non-hydrogen) atoms. The number of rotatable bonds is 5. The molecule has 0 saturated heterocycles. The van der Waals surface area contributed by atoms with Crippen LogP contribution in [-0.2, 0) is 0 Å². The normalized spacial score (nSPS) is 10.9. The fourth-order valence-electron chi connectivity index (χ4n) is 0.543. The first-order chi connectivity index (χ1) is 4.41. The van der Waals surface area contributed by atoms with E-state index in [-0.39, 0.29) is 0 Å². The molecule has 0 aliphatic rings. The molecular weight excluding hydrogens is 112 g/mol. The van der Waals surface area contributed by atoms with Crippen molar-refractivity contribution in [3.05, 3.63) is 0 Å². The minimum Gasteiger partial charge on any atom is -0.301 e. The van der Waals surface area contributed by atoms with E-state index < -0.39 is 0 Å². The summed E-state index contributed by atoms with van der Waals surface area (Å²) in [6.45, 7) is 2.94. The largest absolute Gasteiger partial charge is 0.301 e. The standard InChI is InChI=1S/C7H16N2/c1-3-4-5-6-9-7-8-2/h6,8H,3-5,7H2,1-2H3/b9-6-. The van der Waals surface area contributed by atoms with Gasteiger partial charge < -0.3 is 5.32 Å². The van der Waals surface area contributed by atoms with Crippen LogP contribution in [0.3, 0.4) is 0 Å². The van der Waals surface area contributed by atoms with E-state index in [2.05, 4.69) is 17.2 Å². The Morgan fingerprint density at radius 2 is 2.33 bits per heavy atom. The topological polar surface area (TPSA) is 24.4 Å². The van der Waals surface area contributed by atoms with E-state index in [1.165, 1.54) is 12.8 Å². The van der Waals surface area contributed by atoms with Gasteiger partial charge in [-0.15, -0.1) is 0 Å². The summed E-state index contributed by atoms with van der Waals surface area (Å²) in [5.74, 6) is 0. The summed E-state index contributed by atoms with van der Waals surface area (Å²) < 4.78 is 0. The first-order valence-corrected chi connectivity index (χ1v) is 3.54. The maximum Gasteiger partial charge on any atom is 0.0878 e. The molecule has 0 aromatic heterocycles. The SMILES string of the molecule is CCCC/C=N\CNC. The lowest BCUT2D eigenvalue weighted by Crippen LogP contribution is -2.04. The summed E-state index contributed by atoms with van der Waals surface area (Å²) >= 11 is 0. The number of aliphatic imine (C=N–C) groups is 1. The van der Waals surface area contributed by atoms with Gasteiger partial charge in [-0.3, -0.25) is 4.99 Å². The Hall–Kier alpha value is -0.370. The summed E-state index contributed by atoms with van der Waals surface area (Å²) in [6.07, 6.45) is 5.62. The molecule has 0 atom stereocenters. The van der Waals surface area contributed by atoms with Crippen LogP contribution in [0.1, 0.15) is 26.2 Å². The first-order valence-electron chi connectivity index (χ1n) is 3.54. The summed E-state index contributed by atoms with van der Waals surface area (Å²) in [5, 5.41) is 2.95. The predicted octanol–water partition coefficient (Wildman–Crippen LogP) is 1.42. The summed E-state index contributed by atoms with van der Waals surface area (Å²) in [4.78, 5) is 4.09. The minimum absolute atomic E-state index is 0.754. The van der Waals surface area contributed by atoms with Crippen LogP contribution in [0.15, 0.2) is 4.99 Å². The molecule has 0 fully saturated rings. The number of hydrogen-bond acceptors (Lipinski definition) is 2. The Kier molecular flexibility index (Phi) is 7.32. The van der Waals surface area contributed by atoms with Crippen molar-refractivity contribution in [1.82, 2.24) is 5.32 Å². The first kappa shape index (κ1) is 8.63. The molecule has 0 aromatic carbocycles. The highest BCUT2D eigenvalue weighted by atomic mass is 15.0. The second kappa shape index (κ2) is 7.63. The highest BCUT2D eigenvalue weighted by Crippen LogP contribution is 1.88. The smallest absolute Gasteiger partial charge is 0.0878 e. The van der Waals surface area contributed by atoms with Gasteiger partial charge in [0.1, 0.15) is 0 Å². The van der Waals surface area contributed by atoms with Crippen molar-refractivity contribution in [2.75, 3.05) is 13.7 Å². The number of nitrogens with zero attached hydrogens (tertiary/aromatic N) is 1. The average molecular weight is 128 g/mol. The molecule has 0 saturated carbocycles. The molecule has 2 heteroatoms. The monoisotopic (exact) mass is 128 g/mol. The molecule has 0 unspecified atom stereocenters. The van der Waals surface area contributed by atoms with Crippen LogP contribution in [-0.4, -0.2) is 19.9 Å². The quantitative estimate of drug-likeness (QED) is 0.439. The Morgan fingerprint density at radius 3 is 2.89 bits per heavy atom. The molecule has 0 bridgehead atoms. The van der Waals surface area contributed by atoms with Crippen molar-refractivity contribution in [3.63, 3.8) is 0 Å². The van der Waals surface area contributed by atoms with Crippen LogP contribution in [0.2, 0.25) is 0 Å². The van der Waals surface area contributed by atoms with Crippen molar-refractivity contribution in [2.45, 2.75) is 26.2 Å². The molecule has 0 aromatic rings. The van der Waals surface area contributed by atoms with Crippen LogP contribution in [0, 0.1) is 0 Å². The zero-order valence-electron chi connectivity index (χ0n) is 6.35. The third-order valence-corrected chi connectivity index (χ3v) is 1.07. The lowest BCUT2D eigenvalue weighted by Gasteiger charge is -1.88. The van der Waals surface area contributed by atoms with E-state index in [1.54, 1.807) is 0 Å². The van der Waals surface area contributed by atoms with Crippen LogP contribution >= 0.6 is 0 Å². The molecule has 0 rings (SSSR count). The van der Waals surface area contributed by atoms with Gasteiger partial charge in [0.15, 0.2) is 0 Å². The van der Waals surface area contributed by atoms with Gasteiger partial charge >= 0.3 is 0 Å². The lowest BCUT2D eigenvalue weighted by molar-refractivity contribution is 0.814. The number of unbranched alkanes of at least 4 members (excludes halogenated alkanes) is 2. The second-order valence-corrected chi connectivity index (χ2v) is 2.02. The minimum atomic E-state index is 0.754. The van der Waals surface area contributed by atoms with Gasteiger partial charge in [-0.25, -0.2) is 0 Å². The zero-order valence-corrected chi connectivity index (χ0v) is 6.35. The van der Waals surface area contributed by atoms with E-state index in [0.717, 1.165) is 13.1 Å². The third-order valence-electron chi connectivity index (χ3n) is 1.07. The van der Waals surface area contributed by atoms with E-state index in [4.69, 9.17) is 0 Å². The molecule has 0 heterocycles. The van der Waals surface area contributed by atoms with Crippen molar-refractivity contribution in [1.29, 1.82) is 0 Å². The van der Waals surface area contributed by atoms with E-state index >= 15 is 0 Å². The van der Waals surface area contributed by atoms with Gasteiger partial charge in [-0.1, -0.05) is 13.3 Å². The zero-order chi connectivity index (χ0) is 6.95. The Morgan fingerprint density at radius 1 is 1.56 bits per heavy atom. The number of hydrogen-bond donors (Lipinski definition) is 1. The number of nitrogens with one attached hydrogen (secondary N) is 1. The highest BCUT2D eigenvalue weighted by molar-refractivity contribution is 5.56. The van der Waals surface area contributed by atoms with Crippen LogP contribution < -0.4 is 5.32 Å². The fourth-order valence-corrected chi connectivity index (χ4v) is 0.543. The summed E-state index contributed by atoms with van der Waals surface area (Å²) in [7, 11) is 1.90. The molecule has 1 N–H and O–H groups in total. The Labute approximate surface area is 57.4 Å². The van der Waals surface area contributed by atoms with E-state index in [9.17, 15) is 0 Å². The van der Waals surface area contributed by atoms with Crippen molar-refractivity contribution in [2.24, 2.45) is 4.99 Å². The molecular formula is C7H16N2. The van der Waals surface area contributed by atoms with Crippen LogP contribution in [0.25, 0.3) is 0 Å². The van der Waals surface area contributed by atoms with Gasteiger partial charge in [0.05, 0.1) is 6.67 Å². The molecule has 54 valence electrons. The van der Waals surface area contributed by atoms with Gasteiger partial charge in [0.2, 0.25) is 0 Å². The molecule has 0 amide bonds. The van der Waals surface area contributed by atoms with Gasteiger partial charge in [0.25, 0.3) is 0 Å². The van der Waals surface area contributed by atoms with Crippen LogP contribution in [0.4, 0.5) is 0 Å². The molecule has 0 aliphatic heterocycles. The second-order valence-electron chi connectivity index (χ2n) is 2.02. The summed E-state index contributed by atoms with van der Waals surface area (Å²) in [5.41, 5.74) is 0. The maximum atomic E-state index is 4.09. The molecule has 0 radical (unpaired) electrons. The highest BCUT2D eigenvalue weighted by Gasteiger charge is 1.76. The van der Waals surface area contributed by atoms with Crippen molar-refractivity contribution < 1.29 is 0 Å². The van der Waals surface area contributed by atoms with Gasteiger partial charge in [-0.2, -0.15) is 0 Å². The van der Waals surface area contributed by atoms with Crippen molar-refractivity contribution in [3.8, 4) is 0 Å². The predicted molar refractivity (Wildman–Crippen MR) is 41.9 cm³/mol. The summed E-state index contributed by atoms with van der Waals surface area (Å²) in [6, 6.07) is 0. The van der Waals surface area contributed by atoms with Gasteiger partial charge in [0, 0.05) is 6.21 Å². The van der Waals surface area contributed by atoms with Gasteiger partial charge in [-0.05, 0) is 19.9 Å².